The van der Waals surface area contributed by atoms with Crippen LogP contribution < -0.4 is 0 Å². The minimum Gasteiger partial charge on any atom is -0.444 e. The van der Waals surface area contributed by atoms with Crippen LogP contribution in [0.25, 0.3) is 11.4 Å². The molecule has 2 heterocycles. The van der Waals surface area contributed by atoms with Crippen LogP contribution in [0, 0.1) is 6.92 Å². The Kier molecular flexibility index (Phi) is 5.75. The number of hydrogen-bond acceptors (Lipinski definition) is 5. The van der Waals surface area contributed by atoms with Gasteiger partial charge in [0.25, 0.3) is 0 Å². The zero-order chi connectivity index (χ0) is 19.4. The fourth-order valence-corrected chi connectivity index (χ4v) is 3.08. The van der Waals surface area contributed by atoms with Crippen molar-refractivity contribution in [1.82, 2.24) is 14.9 Å². The summed E-state index contributed by atoms with van der Waals surface area (Å²) in [6.45, 7) is 9.17. The van der Waals surface area contributed by atoms with Crippen molar-refractivity contribution in [3.8, 4) is 11.4 Å². The van der Waals surface area contributed by atoms with Crippen LogP contribution in [0.15, 0.2) is 36.5 Å². The smallest absolute Gasteiger partial charge is 0.410 e. The van der Waals surface area contributed by atoms with Crippen molar-refractivity contribution in [2.75, 3.05) is 19.8 Å². The van der Waals surface area contributed by atoms with E-state index in [2.05, 4.69) is 22.1 Å². The lowest BCUT2D eigenvalue weighted by Gasteiger charge is -2.36. The normalized spacial score (nSPS) is 17.6. The molecule has 1 amide bonds. The molecule has 1 saturated heterocycles. The van der Waals surface area contributed by atoms with Gasteiger partial charge in [0.15, 0.2) is 5.82 Å². The quantitative estimate of drug-likeness (QED) is 0.827. The lowest BCUT2D eigenvalue weighted by Crippen LogP contribution is -2.51. The van der Waals surface area contributed by atoms with Crippen molar-refractivity contribution < 1.29 is 14.3 Å². The van der Waals surface area contributed by atoms with E-state index >= 15 is 0 Å². The van der Waals surface area contributed by atoms with Crippen LogP contribution in [-0.2, 0) is 15.9 Å². The minimum absolute atomic E-state index is 0.0534. The molecule has 1 fully saturated rings. The number of amides is 1. The van der Waals surface area contributed by atoms with Crippen LogP contribution in [0.2, 0.25) is 0 Å². The summed E-state index contributed by atoms with van der Waals surface area (Å²) in [6.07, 6.45) is 2.18. The van der Waals surface area contributed by atoms with Crippen molar-refractivity contribution in [1.29, 1.82) is 0 Å². The van der Waals surface area contributed by atoms with E-state index in [1.807, 2.05) is 45.9 Å². The Morgan fingerprint density at radius 2 is 2.15 bits per heavy atom. The van der Waals surface area contributed by atoms with Crippen LogP contribution in [-0.4, -0.2) is 52.4 Å². The fourth-order valence-electron chi connectivity index (χ4n) is 3.08. The van der Waals surface area contributed by atoms with Crippen molar-refractivity contribution in [2.24, 2.45) is 0 Å². The summed E-state index contributed by atoms with van der Waals surface area (Å²) < 4.78 is 11.2. The predicted octanol–water partition coefficient (Wildman–Crippen LogP) is 3.63. The van der Waals surface area contributed by atoms with Gasteiger partial charge in [0.05, 0.1) is 19.3 Å². The van der Waals surface area contributed by atoms with Crippen LogP contribution >= 0.6 is 0 Å². The van der Waals surface area contributed by atoms with E-state index in [1.54, 1.807) is 11.1 Å². The van der Waals surface area contributed by atoms with Crippen LogP contribution in [0.1, 0.15) is 32.0 Å². The number of hydrogen-bond donors (Lipinski definition) is 0. The molecule has 27 heavy (non-hydrogen) atoms. The Labute approximate surface area is 160 Å². The molecule has 6 nitrogen and oxygen atoms in total. The Balaban J connectivity index is 1.76. The van der Waals surface area contributed by atoms with Crippen LogP contribution in [0.5, 0.6) is 0 Å². The first kappa shape index (κ1) is 19.3. The third kappa shape index (κ3) is 5.26. The molecular weight excluding hydrogens is 342 g/mol. The molecule has 0 spiro atoms. The molecular formula is C21H27N3O3. The van der Waals surface area contributed by atoms with Gasteiger partial charge in [-0.2, -0.15) is 0 Å². The molecule has 1 aromatic carbocycles. The van der Waals surface area contributed by atoms with Crippen LogP contribution in [0.3, 0.4) is 0 Å². The second-order valence-electron chi connectivity index (χ2n) is 7.83. The van der Waals surface area contributed by atoms with Gasteiger partial charge < -0.3 is 14.4 Å². The van der Waals surface area contributed by atoms with E-state index in [1.165, 1.54) is 0 Å². The molecule has 0 unspecified atom stereocenters. The number of ether oxygens (including phenoxy) is 2. The molecule has 2 aromatic rings. The van der Waals surface area contributed by atoms with Gasteiger partial charge >= 0.3 is 6.09 Å². The standard InChI is InChI=1S/C21H27N3O3/c1-15-8-9-22-19(23-15)17-7-5-6-16(12-17)13-18-14-26-11-10-24(18)20(25)27-21(2,3)4/h5-9,12,18H,10-11,13-14H2,1-4H3/t18-/m1/s1. The van der Waals surface area contributed by atoms with Gasteiger partial charge in [-0.1, -0.05) is 18.2 Å². The molecule has 6 heteroatoms. The summed E-state index contributed by atoms with van der Waals surface area (Å²) in [7, 11) is 0. The third-order valence-corrected chi connectivity index (χ3v) is 4.31. The maximum absolute atomic E-state index is 12.6. The molecule has 0 saturated carbocycles. The Hall–Kier alpha value is -2.47. The highest BCUT2D eigenvalue weighted by atomic mass is 16.6. The first-order valence-electron chi connectivity index (χ1n) is 9.28. The second kappa shape index (κ2) is 8.05. The predicted molar refractivity (Wildman–Crippen MR) is 103 cm³/mol. The molecule has 0 radical (unpaired) electrons. The summed E-state index contributed by atoms with van der Waals surface area (Å²) in [6, 6.07) is 9.96. The summed E-state index contributed by atoms with van der Waals surface area (Å²) in [5, 5.41) is 0. The maximum atomic E-state index is 12.6. The Bertz CT molecular complexity index is 801. The van der Waals surface area contributed by atoms with Crippen molar-refractivity contribution in [2.45, 2.75) is 45.8 Å². The molecule has 1 atom stereocenters. The van der Waals surface area contributed by atoms with E-state index in [4.69, 9.17) is 9.47 Å². The second-order valence-corrected chi connectivity index (χ2v) is 7.83. The fraction of sp³-hybridized carbons (Fsp3) is 0.476. The highest BCUT2D eigenvalue weighted by Gasteiger charge is 2.31. The number of aryl methyl sites for hydroxylation is 1. The van der Waals surface area contributed by atoms with Crippen molar-refractivity contribution >= 4 is 6.09 Å². The monoisotopic (exact) mass is 369 g/mol. The number of carbonyl (C=O) groups excluding carboxylic acids is 1. The summed E-state index contributed by atoms with van der Waals surface area (Å²) in [5.74, 6) is 0.709. The van der Waals surface area contributed by atoms with Gasteiger partial charge in [0, 0.05) is 24.0 Å². The van der Waals surface area contributed by atoms with Crippen molar-refractivity contribution in [3.63, 3.8) is 0 Å². The lowest BCUT2D eigenvalue weighted by molar-refractivity contribution is -0.0319. The minimum atomic E-state index is -0.512. The van der Waals surface area contributed by atoms with Crippen LogP contribution in [0.4, 0.5) is 4.79 Å². The van der Waals surface area contributed by atoms with Gasteiger partial charge in [-0.15, -0.1) is 0 Å². The number of benzene rings is 1. The highest BCUT2D eigenvalue weighted by Crippen LogP contribution is 2.21. The van der Waals surface area contributed by atoms with Gasteiger partial charge in [-0.3, -0.25) is 0 Å². The zero-order valence-corrected chi connectivity index (χ0v) is 16.4. The number of rotatable bonds is 3. The van der Waals surface area contributed by atoms with E-state index in [9.17, 15) is 4.79 Å². The Morgan fingerprint density at radius 3 is 2.89 bits per heavy atom. The number of nitrogens with zero attached hydrogens (tertiary/aromatic N) is 3. The highest BCUT2D eigenvalue weighted by molar-refractivity contribution is 5.68. The number of carbonyl (C=O) groups is 1. The average Bonchev–Trinajstić information content (AvgIpc) is 2.61. The summed E-state index contributed by atoms with van der Waals surface area (Å²) in [5.41, 5.74) is 2.50. The third-order valence-electron chi connectivity index (χ3n) is 4.31. The van der Waals surface area contributed by atoms with Gasteiger partial charge in [0.2, 0.25) is 0 Å². The molecule has 1 aliphatic rings. The Morgan fingerprint density at radius 1 is 1.33 bits per heavy atom. The van der Waals surface area contributed by atoms with Gasteiger partial charge in [-0.05, 0) is 51.8 Å². The van der Waals surface area contributed by atoms with E-state index in [-0.39, 0.29) is 12.1 Å². The maximum Gasteiger partial charge on any atom is 0.410 e. The number of morpholine rings is 1. The molecule has 0 bridgehead atoms. The van der Waals surface area contributed by atoms with Gasteiger partial charge in [-0.25, -0.2) is 14.8 Å². The molecule has 1 aliphatic heterocycles. The van der Waals surface area contributed by atoms with Crippen molar-refractivity contribution in [3.05, 3.63) is 47.8 Å². The lowest BCUT2D eigenvalue weighted by atomic mass is 10.0. The average molecular weight is 369 g/mol. The van der Waals surface area contributed by atoms with E-state index in [0.29, 0.717) is 32.0 Å². The number of aromatic nitrogens is 2. The molecule has 0 N–H and O–H groups in total. The van der Waals surface area contributed by atoms with Gasteiger partial charge in [0.1, 0.15) is 5.60 Å². The molecule has 3 rings (SSSR count). The van der Waals surface area contributed by atoms with E-state index in [0.717, 1.165) is 16.8 Å². The topological polar surface area (TPSA) is 64.5 Å². The summed E-state index contributed by atoms with van der Waals surface area (Å²) >= 11 is 0. The molecule has 144 valence electrons. The largest absolute Gasteiger partial charge is 0.444 e. The first-order chi connectivity index (χ1) is 12.8. The SMILES string of the molecule is Cc1ccnc(-c2cccc(C[C@@H]3COCCN3C(=O)OC(C)(C)C)c2)n1. The summed E-state index contributed by atoms with van der Waals surface area (Å²) in [4.78, 5) is 23.2. The first-order valence-corrected chi connectivity index (χ1v) is 9.28. The molecule has 1 aromatic heterocycles. The molecule has 0 aliphatic carbocycles. The van der Waals surface area contributed by atoms with E-state index < -0.39 is 5.60 Å². The zero-order valence-electron chi connectivity index (χ0n) is 16.4.